The van der Waals surface area contributed by atoms with Gasteiger partial charge >= 0.3 is 0 Å². The number of nitrogens with zero attached hydrogens (tertiary/aromatic N) is 6. The molecule has 0 fully saturated rings. The van der Waals surface area contributed by atoms with Crippen molar-refractivity contribution in [3.05, 3.63) is 114 Å². The minimum atomic E-state index is -1.82. The van der Waals surface area contributed by atoms with E-state index in [-0.39, 0.29) is 19.1 Å². The first-order valence-electron chi connectivity index (χ1n) is 15.8. The molecule has 2 atom stereocenters. The Balaban J connectivity index is 1.23. The van der Waals surface area contributed by atoms with Gasteiger partial charge in [0.2, 0.25) is 5.91 Å². The van der Waals surface area contributed by atoms with E-state index >= 15 is 0 Å². The van der Waals surface area contributed by atoms with E-state index < -0.39 is 17.4 Å². The van der Waals surface area contributed by atoms with Gasteiger partial charge in [0.05, 0.1) is 36.4 Å². The Kier molecular flexibility index (Phi) is 9.28. The summed E-state index contributed by atoms with van der Waals surface area (Å²) in [6.45, 7) is 2.59. The first-order valence-corrected chi connectivity index (χ1v) is 15.8. The average molecular weight is 635 g/mol. The number of ether oxygens (including phenoxy) is 1. The molecule has 47 heavy (non-hydrogen) atoms. The van der Waals surface area contributed by atoms with Crippen LogP contribution < -0.4 is 14.6 Å². The molecule has 1 aromatic heterocycles. The summed E-state index contributed by atoms with van der Waals surface area (Å²) < 4.78 is 7.17. The summed E-state index contributed by atoms with van der Waals surface area (Å²) in [5.41, 5.74) is 3.19. The minimum Gasteiger partial charge on any atom is -0.497 e. The Hall–Kier alpha value is -5.13. The van der Waals surface area contributed by atoms with Crippen LogP contribution in [0.25, 0.3) is 0 Å². The number of fused-ring (bicyclic) bond motifs is 1. The molecule has 11 heteroatoms. The number of rotatable bonds is 12. The number of amides is 2. The predicted octanol–water partition coefficient (Wildman–Crippen LogP) is 4.37. The van der Waals surface area contributed by atoms with E-state index in [1.807, 2.05) is 73.7 Å². The van der Waals surface area contributed by atoms with Crippen LogP contribution in [0.4, 0.5) is 11.4 Å². The van der Waals surface area contributed by atoms with Crippen LogP contribution in [-0.4, -0.2) is 56.4 Å². The molecule has 0 saturated heterocycles. The van der Waals surface area contributed by atoms with Crippen LogP contribution in [0, 0.1) is 5.92 Å². The number of aromatic nitrogens is 3. The molecule has 6 rings (SSSR count). The highest BCUT2D eigenvalue weighted by Gasteiger charge is 2.52. The predicted molar refractivity (Wildman–Crippen MR) is 178 cm³/mol. The maximum atomic E-state index is 14.2. The van der Waals surface area contributed by atoms with Gasteiger partial charge in [-0.25, -0.2) is 5.01 Å². The standard InChI is InChI=1S/C36H38N6O5/c1-25(9-6-7-19-40-24-28(18-20-43)37-39-40)36(46)31-22-30(47-2)14-16-33(31)41(35(36)45)23-26-10-8-13-29(21-26)42-34(44)17-15-32(38-42)27-11-4-3-5-12-27/h3-6,8-14,16,21-22,24-25,43,46H,7,15,17-20,23H2,1-2H3/b9-6+/t25-,36+/m0/s1. The summed E-state index contributed by atoms with van der Waals surface area (Å²) >= 11 is 0. The molecule has 2 N–H and O–H groups in total. The zero-order valence-corrected chi connectivity index (χ0v) is 26.5. The molecule has 0 saturated carbocycles. The molecule has 242 valence electrons. The van der Waals surface area contributed by atoms with E-state index in [4.69, 9.17) is 14.9 Å². The fourth-order valence-electron chi connectivity index (χ4n) is 6.09. The number of allylic oxidation sites excluding steroid dienone is 1. The average Bonchev–Trinajstić information content (AvgIpc) is 3.63. The van der Waals surface area contributed by atoms with Gasteiger partial charge in [-0.1, -0.05) is 66.8 Å². The number of aliphatic hydroxyl groups excluding tert-OH is 1. The van der Waals surface area contributed by atoms with Gasteiger partial charge in [-0.3, -0.25) is 14.3 Å². The van der Waals surface area contributed by atoms with E-state index in [1.165, 1.54) is 5.01 Å². The number of hydrazone groups is 1. The van der Waals surface area contributed by atoms with Crippen LogP contribution in [-0.2, 0) is 34.7 Å². The third-order valence-corrected chi connectivity index (χ3v) is 8.67. The van der Waals surface area contributed by atoms with Gasteiger partial charge in [-0.2, -0.15) is 5.10 Å². The number of aliphatic hydroxyl groups is 2. The van der Waals surface area contributed by atoms with Crippen molar-refractivity contribution in [3.63, 3.8) is 0 Å². The van der Waals surface area contributed by atoms with Gasteiger partial charge in [0, 0.05) is 50.1 Å². The molecule has 11 nitrogen and oxygen atoms in total. The Morgan fingerprint density at radius 2 is 1.87 bits per heavy atom. The minimum absolute atomic E-state index is 0.0136. The van der Waals surface area contributed by atoms with Gasteiger partial charge in [0.1, 0.15) is 5.75 Å². The Morgan fingerprint density at radius 3 is 2.66 bits per heavy atom. The second kappa shape index (κ2) is 13.7. The summed E-state index contributed by atoms with van der Waals surface area (Å²) in [7, 11) is 1.55. The molecule has 0 aliphatic carbocycles. The summed E-state index contributed by atoms with van der Waals surface area (Å²) in [6, 6.07) is 22.5. The van der Waals surface area contributed by atoms with Crippen molar-refractivity contribution in [2.45, 2.75) is 51.3 Å². The van der Waals surface area contributed by atoms with Crippen molar-refractivity contribution in [2.24, 2.45) is 11.0 Å². The fourth-order valence-corrected chi connectivity index (χ4v) is 6.09. The maximum absolute atomic E-state index is 14.2. The zero-order valence-electron chi connectivity index (χ0n) is 26.5. The zero-order chi connectivity index (χ0) is 33.0. The van der Waals surface area contributed by atoms with Crippen molar-refractivity contribution in [3.8, 4) is 5.75 Å². The van der Waals surface area contributed by atoms with Crippen LogP contribution in [0.5, 0.6) is 5.75 Å². The van der Waals surface area contributed by atoms with Crippen molar-refractivity contribution >= 4 is 28.9 Å². The third-order valence-electron chi connectivity index (χ3n) is 8.67. The van der Waals surface area contributed by atoms with Gasteiger partial charge in [0.25, 0.3) is 5.91 Å². The number of hydrogen-bond donors (Lipinski definition) is 2. The molecular formula is C36H38N6O5. The summed E-state index contributed by atoms with van der Waals surface area (Å²) in [6.07, 6.45) is 7.55. The number of anilines is 2. The van der Waals surface area contributed by atoms with Gasteiger partial charge < -0.3 is 19.8 Å². The van der Waals surface area contributed by atoms with Gasteiger partial charge in [-0.05, 0) is 47.9 Å². The molecule has 3 heterocycles. The van der Waals surface area contributed by atoms with E-state index in [0.717, 1.165) is 22.5 Å². The van der Waals surface area contributed by atoms with Crippen LogP contribution in [0.1, 0.15) is 48.6 Å². The van der Waals surface area contributed by atoms with Crippen molar-refractivity contribution in [1.29, 1.82) is 0 Å². The second-order valence-corrected chi connectivity index (χ2v) is 11.8. The topological polar surface area (TPSA) is 133 Å². The highest BCUT2D eigenvalue weighted by atomic mass is 16.5. The first kappa shape index (κ1) is 31.8. The summed E-state index contributed by atoms with van der Waals surface area (Å²) in [5, 5.41) is 35.5. The summed E-state index contributed by atoms with van der Waals surface area (Å²) in [5.74, 6) is -0.558. The highest BCUT2D eigenvalue weighted by molar-refractivity contribution is 6.09. The van der Waals surface area contributed by atoms with E-state index in [2.05, 4.69) is 10.3 Å². The van der Waals surface area contributed by atoms with Crippen molar-refractivity contribution in [1.82, 2.24) is 15.0 Å². The van der Waals surface area contributed by atoms with E-state index in [0.29, 0.717) is 54.9 Å². The number of carbonyl (C=O) groups excluding carboxylic acids is 2. The number of hydrogen-bond acceptors (Lipinski definition) is 8. The normalized spacial score (nSPS) is 18.5. The number of methoxy groups -OCH3 is 1. The van der Waals surface area contributed by atoms with Crippen LogP contribution >= 0.6 is 0 Å². The van der Waals surface area contributed by atoms with Crippen LogP contribution in [0.2, 0.25) is 0 Å². The lowest BCUT2D eigenvalue weighted by Gasteiger charge is -2.28. The molecule has 0 unspecified atom stereocenters. The molecule has 4 aromatic rings. The van der Waals surface area contributed by atoms with Gasteiger partial charge in [0.15, 0.2) is 5.60 Å². The monoisotopic (exact) mass is 634 g/mol. The maximum Gasteiger partial charge on any atom is 0.264 e. The van der Waals surface area contributed by atoms with Crippen molar-refractivity contribution < 1.29 is 24.5 Å². The fraction of sp³-hybridized carbons (Fsp3) is 0.306. The number of benzene rings is 3. The second-order valence-electron chi connectivity index (χ2n) is 11.8. The molecule has 2 aliphatic heterocycles. The van der Waals surface area contributed by atoms with E-state index in [1.54, 1.807) is 41.1 Å². The first-order chi connectivity index (χ1) is 22.8. The molecular weight excluding hydrogens is 596 g/mol. The molecule has 2 amide bonds. The smallest absolute Gasteiger partial charge is 0.264 e. The SMILES string of the molecule is COc1ccc2c(c1)[C@](O)([C@@H](C)/C=C/CCn1cc(CCO)nn1)C(=O)N2Cc1cccc(N2N=C(c3ccccc3)CCC2=O)c1. The summed E-state index contributed by atoms with van der Waals surface area (Å²) in [4.78, 5) is 28.7. The van der Waals surface area contributed by atoms with Gasteiger partial charge in [-0.15, -0.1) is 5.10 Å². The lowest BCUT2D eigenvalue weighted by atomic mass is 9.83. The number of carbonyl (C=O) groups is 2. The lowest BCUT2D eigenvalue weighted by Crippen LogP contribution is -2.44. The van der Waals surface area contributed by atoms with Crippen LogP contribution in [0.15, 0.2) is 96.2 Å². The quantitative estimate of drug-likeness (QED) is 0.221. The Morgan fingerprint density at radius 1 is 1.04 bits per heavy atom. The lowest BCUT2D eigenvalue weighted by molar-refractivity contribution is -0.139. The third kappa shape index (κ3) is 6.45. The number of aryl methyl sites for hydroxylation is 1. The molecule has 0 radical (unpaired) electrons. The highest BCUT2D eigenvalue weighted by Crippen LogP contribution is 2.47. The van der Waals surface area contributed by atoms with E-state index in [9.17, 15) is 14.7 Å². The largest absolute Gasteiger partial charge is 0.497 e. The molecule has 2 aliphatic rings. The molecule has 0 bridgehead atoms. The van der Waals surface area contributed by atoms with Crippen molar-refractivity contribution in [2.75, 3.05) is 23.6 Å². The van der Waals surface area contributed by atoms with Crippen LogP contribution in [0.3, 0.4) is 0 Å². The Bertz CT molecular complexity index is 1820. The molecule has 0 spiro atoms. The molecule has 3 aromatic carbocycles. The Labute approximate surface area is 273 Å².